The average molecular weight is 322 g/mol. The Bertz CT molecular complexity index is 485. The average Bonchev–Trinajstić information content (AvgIpc) is 2.31. The molecule has 7 heteroatoms. The van der Waals surface area contributed by atoms with Gasteiger partial charge in [-0.2, -0.15) is 0 Å². The number of anilines is 1. The Kier molecular flexibility index (Phi) is 5.52. The van der Waals surface area contributed by atoms with E-state index in [4.69, 9.17) is 28.3 Å². The number of para-hydroxylation sites is 1. The first-order valence-electron chi connectivity index (χ1n) is 5.35. The molecule has 0 fully saturated rings. The van der Waals surface area contributed by atoms with E-state index in [2.05, 4.69) is 5.32 Å². The van der Waals surface area contributed by atoms with Crippen LogP contribution in [-0.2, 0) is 9.59 Å². The zero-order chi connectivity index (χ0) is 14.6. The van der Waals surface area contributed by atoms with E-state index in [1.807, 2.05) is 0 Å². The normalized spacial score (nSPS) is 11.2. The molecular weight excluding hydrogens is 309 g/mol. The number of carbonyl (C=O) groups is 2. The van der Waals surface area contributed by atoms with E-state index in [0.29, 0.717) is 15.7 Å². The first-order valence-corrected chi connectivity index (χ1v) is 7.09. The summed E-state index contributed by atoms with van der Waals surface area (Å²) in [5.41, 5.74) is 0.338. The van der Waals surface area contributed by atoms with E-state index in [0.717, 1.165) is 11.8 Å². The summed E-state index contributed by atoms with van der Waals surface area (Å²) in [5, 5.41) is 12.2. The van der Waals surface area contributed by atoms with Gasteiger partial charge in [-0.05, 0) is 26.0 Å². The number of hydrogen-bond acceptors (Lipinski definition) is 3. The fourth-order valence-corrected chi connectivity index (χ4v) is 2.28. The van der Waals surface area contributed by atoms with Crippen LogP contribution in [0.2, 0.25) is 10.0 Å². The predicted octanol–water partition coefficient (Wildman–Crippen LogP) is 3.53. The maximum Gasteiger partial charge on any atom is 0.319 e. The number of halogens is 2. The van der Waals surface area contributed by atoms with Crippen molar-refractivity contribution in [2.75, 3.05) is 11.1 Å². The Hall–Kier alpha value is -0.910. The lowest BCUT2D eigenvalue weighted by Crippen LogP contribution is -2.29. The summed E-state index contributed by atoms with van der Waals surface area (Å²) in [7, 11) is 0. The highest BCUT2D eigenvalue weighted by Gasteiger charge is 2.28. The Labute approximate surface area is 125 Å². The lowest BCUT2D eigenvalue weighted by Gasteiger charge is -2.18. The number of aliphatic carboxylic acids is 1. The second-order valence-corrected chi connectivity index (χ2v) is 6.66. The van der Waals surface area contributed by atoms with Crippen LogP contribution in [0.15, 0.2) is 18.2 Å². The summed E-state index contributed by atoms with van der Waals surface area (Å²) < 4.78 is -1.03. The molecule has 0 aliphatic heterocycles. The van der Waals surface area contributed by atoms with Gasteiger partial charge < -0.3 is 10.4 Å². The second kappa shape index (κ2) is 6.50. The molecule has 0 saturated heterocycles. The van der Waals surface area contributed by atoms with Crippen molar-refractivity contribution in [2.24, 2.45) is 0 Å². The molecule has 0 radical (unpaired) electrons. The van der Waals surface area contributed by atoms with Crippen molar-refractivity contribution >= 4 is 52.5 Å². The van der Waals surface area contributed by atoms with Crippen LogP contribution < -0.4 is 5.32 Å². The lowest BCUT2D eigenvalue weighted by atomic mass is 10.2. The van der Waals surface area contributed by atoms with E-state index in [-0.39, 0.29) is 11.7 Å². The van der Waals surface area contributed by atoms with E-state index in [1.165, 1.54) is 13.8 Å². The molecule has 0 heterocycles. The summed E-state index contributed by atoms with van der Waals surface area (Å²) in [6.45, 7) is 3.07. The zero-order valence-corrected chi connectivity index (χ0v) is 12.7. The number of carbonyl (C=O) groups excluding carboxylic acids is 1. The molecule has 19 heavy (non-hydrogen) atoms. The largest absolute Gasteiger partial charge is 0.480 e. The summed E-state index contributed by atoms with van der Waals surface area (Å²) in [4.78, 5) is 22.6. The summed E-state index contributed by atoms with van der Waals surface area (Å²) in [6.07, 6.45) is 0. The van der Waals surface area contributed by atoms with Crippen LogP contribution in [0.3, 0.4) is 0 Å². The zero-order valence-electron chi connectivity index (χ0n) is 10.4. The molecule has 0 spiro atoms. The van der Waals surface area contributed by atoms with Crippen molar-refractivity contribution in [1.29, 1.82) is 0 Å². The molecule has 0 saturated carbocycles. The van der Waals surface area contributed by atoms with Crippen LogP contribution in [0.5, 0.6) is 0 Å². The smallest absolute Gasteiger partial charge is 0.319 e. The number of carboxylic acids is 1. The van der Waals surface area contributed by atoms with E-state index in [9.17, 15) is 9.59 Å². The number of carboxylic acid groups (broad SMARTS) is 1. The highest BCUT2D eigenvalue weighted by Crippen LogP contribution is 2.30. The molecule has 0 unspecified atom stereocenters. The van der Waals surface area contributed by atoms with Crippen molar-refractivity contribution in [2.45, 2.75) is 18.6 Å². The van der Waals surface area contributed by atoms with Gasteiger partial charge in [0.15, 0.2) is 0 Å². The Morgan fingerprint density at radius 2 is 1.84 bits per heavy atom. The number of nitrogens with one attached hydrogen (secondary N) is 1. The lowest BCUT2D eigenvalue weighted by molar-refractivity contribution is -0.138. The topological polar surface area (TPSA) is 66.4 Å². The van der Waals surface area contributed by atoms with Crippen LogP contribution in [0.4, 0.5) is 5.69 Å². The minimum atomic E-state index is -1.03. The SMILES string of the molecule is CC(C)(SCC(=O)Nc1c(Cl)cccc1Cl)C(=O)O. The quantitative estimate of drug-likeness (QED) is 0.870. The molecular formula is C12H13Cl2NO3S. The fourth-order valence-electron chi connectivity index (χ4n) is 1.10. The van der Waals surface area contributed by atoms with Gasteiger partial charge in [-0.15, -0.1) is 11.8 Å². The Balaban J connectivity index is 2.64. The molecule has 1 aromatic rings. The highest BCUT2D eigenvalue weighted by atomic mass is 35.5. The summed E-state index contributed by atoms with van der Waals surface area (Å²) in [5.74, 6) is -1.32. The molecule has 1 amide bonds. The van der Waals surface area contributed by atoms with E-state index < -0.39 is 10.7 Å². The molecule has 2 N–H and O–H groups in total. The van der Waals surface area contributed by atoms with Crippen molar-refractivity contribution in [1.82, 2.24) is 0 Å². The van der Waals surface area contributed by atoms with E-state index in [1.54, 1.807) is 18.2 Å². The van der Waals surface area contributed by atoms with Crippen molar-refractivity contribution in [3.8, 4) is 0 Å². The molecule has 0 aliphatic carbocycles. The number of rotatable bonds is 5. The molecule has 0 atom stereocenters. The summed E-state index contributed by atoms with van der Waals surface area (Å²) in [6, 6.07) is 4.89. The monoisotopic (exact) mass is 321 g/mol. The van der Waals surface area contributed by atoms with Gasteiger partial charge in [0.25, 0.3) is 0 Å². The minimum Gasteiger partial charge on any atom is -0.480 e. The molecule has 0 aromatic heterocycles. The van der Waals surface area contributed by atoms with Crippen LogP contribution in [-0.4, -0.2) is 27.5 Å². The van der Waals surface area contributed by atoms with Gasteiger partial charge >= 0.3 is 5.97 Å². The summed E-state index contributed by atoms with van der Waals surface area (Å²) >= 11 is 12.9. The van der Waals surface area contributed by atoms with Crippen LogP contribution in [0, 0.1) is 0 Å². The Morgan fingerprint density at radius 1 is 1.32 bits per heavy atom. The van der Waals surface area contributed by atoms with Gasteiger partial charge in [-0.1, -0.05) is 29.3 Å². The molecule has 1 rings (SSSR count). The third-order valence-electron chi connectivity index (χ3n) is 2.31. The Morgan fingerprint density at radius 3 is 2.32 bits per heavy atom. The van der Waals surface area contributed by atoms with Gasteiger partial charge in [-0.25, -0.2) is 0 Å². The molecule has 0 aliphatic rings. The highest BCUT2D eigenvalue weighted by molar-refractivity contribution is 8.02. The number of amides is 1. The predicted molar refractivity (Wildman–Crippen MR) is 79.3 cm³/mol. The third-order valence-corrected chi connectivity index (χ3v) is 4.24. The molecule has 4 nitrogen and oxygen atoms in total. The maximum atomic E-state index is 11.7. The second-order valence-electron chi connectivity index (χ2n) is 4.25. The fraction of sp³-hybridized carbons (Fsp3) is 0.333. The number of hydrogen-bond donors (Lipinski definition) is 2. The van der Waals surface area contributed by atoms with Crippen LogP contribution in [0.25, 0.3) is 0 Å². The number of thioether (sulfide) groups is 1. The van der Waals surface area contributed by atoms with Gasteiger partial charge in [-0.3, -0.25) is 9.59 Å². The van der Waals surface area contributed by atoms with Crippen molar-refractivity contribution < 1.29 is 14.7 Å². The van der Waals surface area contributed by atoms with Gasteiger partial charge in [0, 0.05) is 0 Å². The minimum absolute atomic E-state index is 0.000845. The molecule has 1 aromatic carbocycles. The van der Waals surface area contributed by atoms with Crippen LogP contribution in [0.1, 0.15) is 13.8 Å². The van der Waals surface area contributed by atoms with Gasteiger partial charge in [0.05, 0.1) is 21.5 Å². The first kappa shape index (κ1) is 16.1. The number of benzene rings is 1. The maximum absolute atomic E-state index is 11.7. The molecule has 0 bridgehead atoms. The van der Waals surface area contributed by atoms with Gasteiger partial charge in [0.1, 0.15) is 4.75 Å². The third kappa shape index (κ3) is 4.60. The molecule has 104 valence electrons. The van der Waals surface area contributed by atoms with Crippen LogP contribution >= 0.6 is 35.0 Å². The standard InChI is InChI=1S/C12H13Cl2NO3S/c1-12(2,11(17)18)19-6-9(16)15-10-7(13)4-3-5-8(10)14/h3-5H,6H2,1-2H3,(H,15,16)(H,17,18). The van der Waals surface area contributed by atoms with Crippen molar-refractivity contribution in [3.63, 3.8) is 0 Å². The first-order chi connectivity index (χ1) is 8.74. The van der Waals surface area contributed by atoms with Crippen molar-refractivity contribution in [3.05, 3.63) is 28.2 Å². The van der Waals surface area contributed by atoms with Gasteiger partial charge in [0.2, 0.25) is 5.91 Å². The van der Waals surface area contributed by atoms with E-state index >= 15 is 0 Å².